The topological polar surface area (TPSA) is 101 Å². The molecule has 0 saturated heterocycles. The second-order valence-electron chi connectivity index (χ2n) is 5.80. The molecule has 0 bridgehead atoms. The maximum Gasteiger partial charge on any atom is 0.251 e. The molecule has 27 heavy (non-hydrogen) atoms. The molecule has 0 aliphatic heterocycles. The molecule has 0 radical (unpaired) electrons. The zero-order valence-electron chi connectivity index (χ0n) is 14.8. The molecule has 0 spiro atoms. The highest BCUT2D eigenvalue weighted by Gasteiger charge is 2.18. The summed E-state index contributed by atoms with van der Waals surface area (Å²) in [6.45, 7) is 0. The molecule has 2 N–H and O–H groups in total. The van der Waals surface area contributed by atoms with Gasteiger partial charge in [0, 0.05) is 42.0 Å². The number of aromatic nitrogens is 4. The van der Waals surface area contributed by atoms with Crippen molar-refractivity contribution in [2.24, 2.45) is 0 Å². The Morgan fingerprint density at radius 3 is 2.74 bits per heavy atom. The van der Waals surface area contributed by atoms with Crippen molar-refractivity contribution in [2.45, 2.75) is 12.5 Å². The van der Waals surface area contributed by atoms with Crippen LogP contribution in [-0.4, -0.2) is 37.9 Å². The highest BCUT2D eigenvalue weighted by Crippen LogP contribution is 2.19. The molecule has 1 unspecified atom stereocenters. The Morgan fingerprint density at radius 2 is 2.04 bits per heavy atom. The number of hydrogen-bond acceptors (Lipinski definition) is 6. The number of nitrogens with zero attached hydrogens (tertiary/aromatic N) is 3. The Labute approximate surface area is 160 Å². The number of hydrogen-bond donors (Lipinski definition) is 2. The normalized spacial score (nSPS) is 11.7. The molecule has 3 heterocycles. The van der Waals surface area contributed by atoms with E-state index in [1.807, 2.05) is 12.3 Å². The minimum atomic E-state index is -0.379. The largest absolute Gasteiger partial charge is 0.344 e. The highest BCUT2D eigenvalue weighted by atomic mass is 32.2. The second kappa shape index (κ2) is 9.09. The lowest BCUT2D eigenvalue weighted by molar-refractivity contribution is 0.0935. The molecule has 3 aromatic heterocycles. The molecule has 0 aliphatic carbocycles. The summed E-state index contributed by atoms with van der Waals surface area (Å²) in [7, 11) is 0. The summed E-state index contributed by atoms with van der Waals surface area (Å²) in [6.07, 6.45) is 9.07. The van der Waals surface area contributed by atoms with Gasteiger partial charge in [-0.05, 0) is 42.7 Å². The van der Waals surface area contributed by atoms with Gasteiger partial charge in [0.2, 0.25) is 0 Å². The third-order valence-electron chi connectivity index (χ3n) is 3.91. The summed E-state index contributed by atoms with van der Waals surface area (Å²) in [5, 5.41) is 2.98. The second-order valence-corrected chi connectivity index (χ2v) is 6.79. The number of carbonyl (C=O) groups is 1. The number of H-pyrrole nitrogens is 1. The van der Waals surface area contributed by atoms with Gasteiger partial charge >= 0.3 is 0 Å². The van der Waals surface area contributed by atoms with Crippen molar-refractivity contribution in [3.8, 4) is 11.4 Å². The van der Waals surface area contributed by atoms with Crippen LogP contribution in [0.1, 0.15) is 28.5 Å². The minimum absolute atomic E-state index is 0.228. The molecule has 3 aromatic rings. The Bertz CT molecular complexity index is 947. The Morgan fingerprint density at radius 1 is 1.22 bits per heavy atom. The summed E-state index contributed by atoms with van der Waals surface area (Å²) in [4.78, 5) is 40.0. The molecule has 0 fully saturated rings. The summed E-state index contributed by atoms with van der Waals surface area (Å²) >= 11 is 1.67. The van der Waals surface area contributed by atoms with Gasteiger partial charge in [0.05, 0.1) is 11.7 Å². The van der Waals surface area contributed by atoms with Crippen LogP contribution in [0, 0.1) is 0 Å². The Kier molecular flexibility index (Phi) is 6.32. The fraction of sp³-hybridized carbons (Fsp3) is 0.211. The molecular formula is C19H19N5O2S. The molecule has 8 heteroatoms. The summed E-state index contributed by atoms with van der Waals surface area (Å²) in [5.41, 5.74) is 1.47. The van der Waals surface area contributed by atoms with E-state index in [0.717, 1.165) is 5.75 Å². The Hall–Kier alpha value is -3.00. The average Bonchev–Trinajstić information content (AvgIpc) is 2.71. The minimum Gasteiger partial charge on any atom is -0.344 e. The summed E-state index contributed by atoms with van der Waals surface area (Å²) < 4.78 is 0. The van der Waals surface area contributed by atoms with E-state index in [-0.39, 0.29) is 17.5 Å². The predicted octanol–water partition coefficient (Wildman–Crippen LogP) is 2.45. The van der Waals surface area contributed by atoms with Gasteiger partial charge in [-0.1, -0.05) is 0 Å². The number of amides is 1. The van der Waals surface area contributed by atoms with Gasteiger partial charge < -0.3 is 10.3 Å². The lowest BCUT2D eigenvalue weighted by Crippen LogP contribution is -2.30. The number of pyridine rings is 2. The SMILES string of the molecule is CSCCC(NC(=O)c1ccncc1)c1cc(=O)[nH]c(-c2cccnc2)n1. The molecular weight excluding hydrogens is 362 g/mol. The van der Waals surface area contributed by atoms with Crippen LogP contribution in [-0.2, 0) is 0 Å². The van der Waals surface area contributed by atoms with Gasteiger partial charge in [-0.2, -0.15) is 11.8 Å². The molecule has 0 aliphatic rings. The van der Waals surface area contributed by atoms with Gasteiger partial charge in [-0.25, -0.2) is 4.98 Å². The third-order valence-corrected chi connectivity index (χ3v) is 4.56. The van der Waals surface area contributed by atoms with Crippen molar-refractivity contribution in [1.82, 2.24) is 25.3 Å². The first-order chi connectivity index (χ1) is 13.2. The first-order valence-electron chi connectivity index (χ1n) is 8.39. The maximum atomic E-state index is 12.6. The van der Waals surface area contributed by atoms with Gasteiger partial charge in [0.25, 0.3) is 11.5 Å². The van der Waals surface area contributed by atoms with E-state index in [1.165, 1.54) is 6.07 Å². The standard InChI is InChI=1S/C19H19N5O2S/c1-27-10-6-15(23-19(26)13-4-8-20-9-5-13)16-11-17(25)24-18(22-16)14-3-2-7-21-12-14/h2-5,7-9,11-12,15H,6,10H2,1H3,(H,23,26)(H,22,24,25). The van der Waals surface area contributed by atoms with Crippen molar-refractivity contribution < 1.29 is 4.79 Å². The first-order valence-corrected chi connectivity index (χ1v) is 9.78. The van der Waals surface area contributed by atoms with Crippen molar-refractivity contribution in [2.75, 3.05) is 12.0 Å². The summed E-state index contributed by atoms with van der Waals surface area (Å²) in [6, 6.07) is 7.94. The zero-order valence-corrected chi connectivity index (χ0v) is 15.6. The first kappa shape index (κ1) is 18.8. The fourth-order valence-electron chi connectivity index (χ4n) is 2.57. The van der Waals surface area contributed by atoms with Crippen molar-refractivity contribution in [3.05, 3.63) is 76.7 Å². The van der Waals surface area contributed by atoms with E-state index in [4.69, 9.17) is 0 Å². The van der Waals surface area contributed by atoms with Gasteiger partial charge in [-0.15, -0.1) is 0 Å². The number of nitrogens with one attached hydrogen (secondary N) is 2. The lowest BCUT2D eigenvalue weighted by Gasteiger charge is -2.18. The van der Waals surface area contributed by atoms with Gasteiger partial charge in [-0.3, -0.25) is 19.6 Å². The number of aromatic amines is 1. The van der Waals surface area contributed by atoms with Crippen LogP contribution in [0.15, 0.2) is 59.9 Å². The van der Waals surface area contributed by atoms with E-state index < -0.39 is 0 Å². The van der Waals surface area contributed by atoms with E-state index >= 15 is 0 Å². The number of thioether (sulfide) groups is 1. The molecule has 0 saturated carbocycles. The van der Waals surface area contributed by atoms with Gasteiger partial charge in [0.1, 0.15) is 5.82 Å². The van der Waals surface area contributed by atoms with E-state index in [9.17, 15) is 9.59 Å². The predicted molar refractivity (Wildman–Crippen MR) is 106 cm³/mol. The summed E-state index contributed by atoms with van der Waals surface area (Å²) in [5.74, 6) is 1.02. The van der Waals surface area contributed by atoms with Crippen LogP contribution in [0.5, 0.6) is 0 Å². The van der Waals surface area contributed by atoms with Crippen molar-refractivity contribution >= 4 is 17.7 Å². The lowest BCUT2D eigenvalue weighted by atomic mass is 10.1. The number of carbonyl (C=O) groups excluding carboxylic acids is 1. The van der Waals surface area contributed by atoms with E-state index in [1.54, 1.807) is 54.7 Å². The van der Waals surface area contributed by atoms with Crippen LogP contribution in [0.3, 0.4) is 0 Å². The quantitative estimate of drug-likeness (QED) is 0.652. The van der Waals surface area contributed by atoms with Gasteiger partial charge in [0.15, 0.2) is 0 Å². The third kappa shape index (κ3) is 5.01. The maximum absolute atomic E-state index is 12.6. The van der Waals surface area contributed by atoms with Crippen LogP contribution in [0.2, 0.25) is 0 Å². The van der Waals surface area contributed by atoms with Crippen LogP contribution >= 0.6 is 11.8 Å². The average molecular weight is 381 g/mol. The molecule has 138 valence electrons. The number of rotatable bonds is 7. The highest BCUT2D eigenvalue weighted by molar-refractivity contribution is 7.98. The fourth-order valence-corrected chi connectivity index (χ4v) is 3.04. The smallest absolute Gasteiger partial charge is 0.251 e. The Balaban J connectivity index is 1.91. The van der Waals surface area contributed by atoms with E-state index in [0.29, 0.717) is 29.1 Å². The molecule has 3 rings (SSSR count). The van der Waals surface area contributed by atoms with Crippen LogP contribution in [0.4, 0.5) is 0 Å². The monoisotopic (exact) mass is 381 g/mol. The molecule has 7 nitrogen and oxygen atoms in total. The van der Waals surface area contributed by atoms with E-state index in [2.05, 4.69) is 25.3 Å². The van der Waals surface area contributed by atoms with Crippen molar-refractivity contribution in [1.29, 1.82) is 0 Å². The zero-order chi connectivity index (χ0) is 19.1. The van der Waals surface area contributed by atoms with Crippen LogP contribution < -0.4 is 10.9 Å². The molecule has 1 atom stereocenters. The van der Waals surface area contributed by atoms with Crippen molar-refractivity contribution in [3.63, 3.8) is 0 Å². The molecule has 1 amide bonds. The van der Waals surface area contributed by atoms with Crippen LogP contribution in [0.25, 0.3) is 11.4 Å². The molecule has 0 aromatic carbocycles.